The molecule has 3 aliphatic rings. The van der Waals surface area contributed by atoms with Crippen LogP contribution >= 0.6 is 0 Å². The number of aryl methyl sites for hydroxylation is 2. The van der Waals surface area contributed by atoms with Gasteiger partial charge in [-0.3, -0.25) is 19.5 Å². The summed E-state index contributed by atoms with van der Waals surface area (Å²) in [4.78, 5) is 36.2. The van der Waals surface area contributed by atoms with Crippen molar-refractivity contribution in [3.05, 3.63) is 107 Å². The number of para-hydroxylation sites is 2. The van der Waals surface area contributed by atoms with E-state index in [4.69, 9.17) is 4.98 Å². The van der Waals surface area contributed by atoms with Crippen LogP contribution in [0.3, 0.4) is 0 Å². The lowest BCUT2D eigenvalue weighted by Crippen LogP contribution is -2.60. The third-order valence-corrected chi connectivity index (χ3v) is 8.94. The first kappa shape index (κ1) is 21.5. The highest BCUT2D eigenvalue weighted by Gasteiger charge is 2.74. The van der Waals surface area contributed by atoms with E-state index in [1.54, 1.807) is 0 Å². The first-order valence-corrected chi connectivity index (χ1v) is 12.6. The van der Waals surface area contributed by atoms with Crippen LogP contribution in [-0.2, 0) is 16.8 Å². The summed E-state index contributed by atoms with van der Waals surface area (Å²) in [6.45, 7) is 2.72. The summed E-state index contributed by atoms with van der Waals surface area (Å²) in [6.07, 6.45) is 1.22. The van der Waals surface area contributed by atoms with Crippen LogP contribution in [0.15, 0.2) is 78.9 Å². The van der Waals surface area contributed by atoms with Crippen molar-refractivity contribution in [3.63, 3.8) is 0 Å². The smallest absolute Gasteiger partial charge is 0.250 e. The number of pyridine rings is 1. The molecule has 5 heteroatoms. The molecule has 1 aromatic heterocycles. The van der Waals surface area contributed by atoms with E-state index in [1.165, 1.54) is 0 Å². The van der Waals surface area contributed by atoms with Gasteiger partial charge in [-0.1, -0.05) is 60.7 Å². The van der Waals surface area contributed by atoms with Crippen LogP contribution in [0.2, 0.25) is 0 Å². The second-order valence-corrected chi connectivity index (χ2v) is 10.5. The number of likely N-dealkylation sites (tertiary alicyclic amines) is 1. The third-order valence-electron chi connectivity index (χ3n) is 8.94. The highest BCUT2D eigenvalue weighted by Crippen LogP contribution is 2.66. The van der Waals surface area contributed by atoms with Crippen molar-refractivity contribution in [3.8, 4) is 0 Å². The van der Waals surface area contributed by atoms with Crippen LogP contribution in [0, 0.1) is 12.3 Å². The summed E-state index contributed by atoms with van der Waals surface area (Å²) in [7, 11) is 2.00. The second kappa shape index (κ2) is 7.34. The number of aromatic nitrogens is 1. The van der Waals surface area contributed by atoms with E-state index < -0.39 is 11.0 Å². The Balaban J connectivity index is 1.55. The molecule has 0 unspecified atom stereocenters. The van der Waals surface area contributed by atoms with Gasteiger partial charge in [-0.2, -0.15) is 0 Å². The number of hydrogen-bond donors (Lipinski definition) is 1. The molecule has 1 saturated heterocycles. The molecule has 1 N–H and O–H groups in total. The lowest BCUT2D eigenvalue weighted by atomic mass is 9.53. The molecule has 0 radical (unpaired) electrons. The van der Waals surface area contributed by atoms with Gasteiger partial charge in [-0.15, -0.1) is 0 Å². The largest absolute Gasteiger partial charge is 0.324 e. The molecular weight excluding hydrogens is 446 g/mol. The normalized spacial score (nSPS) is 27.0. The molecule has 7 rings (SSSR count). The van der Waals surface area contributed by atoms with Gasteiger partial charge >= 0.3 is 0 Å². The Morgan fingerprint density at radius 2 is 1.72 bits per heavy atom. The Kier molecular flexibility index (Phi) is 4.37. The van der Waals surface area contributed by atoms with Gasteiger partial charge < -0.3 is 5.32 Å². The zero-order valence-corrected chi connectivity index (χ0v) is 20.4. The number of Topliss-reactive ketones (excluding diaryl/α,β-unsaturated/α-hetero) is 1. The number of benzene rings is 3. The molecule has 2 aliphatic heterocycles. The molecule has 5 nitrogen and oxygen atoms in total. The minimum atomic E-state index is -1.09. The Labute approximate surface area is 210 Å². The maximum absolute atomic E-state index is 15.0. The van der Waals surface area contributed by atoms with Crippen LogP contribution in [0.4, 0.5) is 5.69 Å². The summed E-state index contributed by atoms with van der Waals surface area (Å²) in [5.41, 5.74) is 4.34. The number of amides is 1. The minimum Gasteiger partial charge on any atom is -0.324 e. The Hall–Kier alpha value is -3.83. The van der Waals surface area contributed by atoms with Gasteiger partial charge in [-0.05, 0) is 56.1 Å². The van der Waals surface area contributed by atoms with Gasteiger partial charge in [0.2, 0.25) is 0 Å². The number of rotatable bonds is 1. The number of anilines is 1. The second-order valence-electron chi connectivity index (χ2n) is 10.5. The summed E-state index contributed by atoms with van der Waals surface area (Å²) in [5.74, 6) is -0.202. The molecule has 1 aliphatic carbocycles. The zero-order valence-electron chi connectivity index (χ0n) is 20.4. The summed E-state index contributed by atoms with van der Waals surface area (Å²) < 4.78 is 0. The molecule has 0 bridgehead atoms. The van der Waals surface area contributed by atoms with Gasteiger partial charge in [0, 0.05) is 34.7 Å². The molecule has 2 spiro atoms. The predicted molar refractivity (Wildman–Crippen MR) is 140 cm³/mol. The fraction of sp³-hybridized carbons (Fsp3) is 0.258. The highest BCUT2D eigenvalue weighted by atomic mass is 16.2. The number of ketones is 1. The molecule has 3 aromatic carbocycles. The number of nitrogens with zero attached hydrogens (tertiary/aromatic N) is 2. The topological polar surface area (TPSA) is 62.3 Å². The van der Waals surface area contributed by atoms with Crippen LogP contribution in [-0.4, -0.2) is 35.2 Å². The van der Waals surface area contributed by atoms with Crippen molar-refractivity contribution in [1.29, 1.82) is 0 Å². The van der Waals surface area contributed by atoms with E-state index in [1.807, 2.05) is 73.8 Å². The zero-order chi connectivity index (χ0) is 24.7. The average molecular weight is 474 g/mol. The molecule has 0 saturated carbocycles. The molecule has 1 fully saturated rings. The fourth-order valence-electron chi connectivity index (χ4n) is 7.46. The number of nitrogens with one attached hydrogen (secondary N) is 1. The predicted octanol–water partition coefficient (Wildman–Crippen LogP) is 5.24. The molecule has 1 amide bonds. The van der Waals surface area contributed by atoms with Crippen molar-refractivity contribution in [2.75, 3.05) is 18.9 Å². The number of carbonyl (C=O) groups excluding carboxylic acids is 2. The van der Waals surface area contributed by atoms with Gasteiger partial charge in [0.05, 0.1) is 16.6 Å². The van der Waals surface area contributed by atoms with Gasteiger partial charge in [0.1, 0.15) is 5.54 Å². The number of fused-ring (bicyclic) bond motifs is 5. The summed E-state index contributed by atoms with van der Waals surface area (Å²) in [6, 6.07) is 26.1. The maximum atomic E-state index is 15.0. The van der Waals surface area contributed by atoms with Gasteiger partial charge in [0.15, 0.2) is 5.78 Å². The third kappa shape index (κ3) is 2.46. The molecular formula is C31H27N3O2. The molecule has 4 aromatic rings. The van der Waals surface area contributed by atoms with Crippen LogP contribution in [0.5, 0.6) is 0 Å². The van der Waals surface area contributed by atoms with E-state index in [9.17, 15) is 9.59 Å². The first-order chi connectivity index (χ1) is 17.5. The van der Waals surface area contributed by atoms with Crippen molar-refractivity contribution < 1.29 is 9.59 Å². The molecule has 178 valence electrons. The van der Waals surface area contributed by atoms with E-state index in [0.717, 1.165) is 39.0 Å². The van der Waals surface area contributed by atoms with Crippen LogP contribution in [0.1, 0.15) is 45.1 Å². The lowest BCUT2D eigenvalue weighted by Gasteiger charge is -2.48. The quantitative estimate of drug-likeness (QED) is 0.411. The average Bonchev–Trinajstić information content (AvgIpc) is 3.34. The van der Waals surface area contributed by atoms with Gasteiger partial charge in [-0.25, -0.2) is 0 Å². The maximum Gasteiger partial charge on any atom is 0.250 e. The summed E-state index contributed by atoms with van der Waals surface area (Å²) >= 11 is 0. The van der Waals surface area contributed by atoms with Crippen molar-refractivity contribution >= 4 is 28.3 Å². The summed E-state index contributed by atoms with van der Waals surface area (Å²) in [5, 5.41) is 4.09. The first-order valence-electron chi connectivity index (χ1n) is 12.6. The minimum absolute atomic E-state index is 0.0338. The number of hydrogen-bond acceptors (Lipinski definition) is 4. The Morgan fingerprint density at radius 1 is 0.972 bits per heavy atom. The van der Waals surface area contributed by atoms with E-state index >= 15 is 0 Å². The SMILES string of the molecule is Cc1ccccc1[C@H]1CN(C)[C@@]2(C(=O)Nc3ccccc32)[C@@]12CCc1nc3ccccc3cc1C2=O. The van der Waals surface area contributed by atoms with E-state index in [-0.39, 0.29) is 17.6 Å². The molecule has 3 heterocycles. The Morgan fingerprint density at radius 3 is 2.58 bits per heavy atom. The number of likely N-dealkylation sites (N-methyl/N-ethyl adjacent to an activating group) is 1. The molecule has 36 heavy (non-hydrogen) atoms. The lowest BCUT2D eigenvalue weighted by molar-refractivity contribution is -0.130. The van der Waals surface area contributed by atoms with Gasteiger partial charge in [0.25, 0.3) is 5.91 Å². The van der Waals surface area contributed by atoms with Crippen molar-refractivity contribution in [2.24, 2.45) is 5.41 Å². The van der Waals surface area contributed by atoms with Crippen LogP contribution < -0.4 is 5.32 Å². The van der Waals surface area contributed by atoms with Crippen LogP contribution in [0.25, 0.3) is 10.9 Å². The van der Waals surface area contributed by atoms with Crippen molar-refractivity contribution in [1.82, 2.24) is 9.88 Å². The fourth-order valence-corrected chi connectivity index (χ4v) is 7.46. The standard InChI is InChI=1S/C31H27N3O2/c1-19-9-3-5-11-21(19)24-18-34(2)31(23-12-6-8-14-27(23)33-29(31)36)30(24)16-15-26-22(28(30)35)17-20-10-4-7-13-25(20)32-26/h3-14,17,24H,15-16,18H2,1-2H3,(H,33,36)/t24-,30+,31+/m1/s1. The number of carbonyl (C=O) groups is 2. The molecule has 3 atom stereocenters. The highest BCUT2D eigenvalue weighted by molar-refractivity contribution is 6.15. The Bertz CT molecular complexity index is 1590. The van der Waals surface area contributed by atoms with E-state index in [2.05, 4.69) is 29.3 Å². The monoisotopic (exact) mass is 473 g/mol. The van der Waals surface area contributed by atoms with E-state index in [0.29, 0.717) is 24.9 Å². The van der Waals surface area contributed by atoms with Crippen molar-refractivity contribution in [2.45, 2.75) is 31.2 Å².